The fourth-order valence-electron chi connectivity index (χ4n) is 1.64. The quantitative estimate of drug-likeness (QED) is 0.745. The van der Waals surface area contributed by atoms with E-state index in [-0.39, 0.29) is 12.2 Å². The number of hydrogen-bond donors (Lipinski definition) is 1. The number of Topliss-reactive ketones (excluding diaryl/α,β-unsaturated/α-hetero) is 1. The topological polar surface area (TPSA) is 54.4 Å². The normalized spacial score (nSPS) is 15.7. The van der Waals surface area contributed by atoms with Gasteiger partial charge in [-0.1, -0.05) is 11.6 Å². The Labute approximate surface area is 83.1 Å². The van der Waals surface area contributed by atoms with Crippen LogP contribution in [-0.4, -0.2) is 16.9 Å². The summed E-state index contributed by atoms with van der Waals surface area (Å²) in [5.74, 6) is -0.705. The van der Waals surface area contributed by atoms with Gasteiger partial charge in [-0.25, -0.2) is 0 Å². The van der Waals surface area contributed by atoms with E-state index in [1.807, 2.05) is 13.0 Å². The van der Waals surface area contributed by atoms with E-state index in [9.17, 15) is 9.59 Å². The van der Waals surface area contributed by atoms with Gasteiger partial charge in [-0.2, -0.15) is 0 Å². The van der Waals surface area contributed by atoms with Gasteiger partial charge >= 0.3 is 5.97 Å². The van der Waals surface area contributed by atoms with Crippen LogP contribution in [0.2, 0.25) is 0 Å². The summed E-state index contributed by atoms with van der Waals surface area (Å²) in [6.07, 6.45) is 3.25. The molecule has 0 radical (unpaired) electrons. The summed E-state index contributed by atoms with van der Waals surface area (Å²) in [7, 11) is 0. The molecule has 1 N–H and O–H groups in total. The number of allylic oxidation sites excluding steroid dienone is 4. The van der Waals surface area contributed by atoms with Crippen LogP contribution in [0.1, 0.15) is 33.1 Å². The van der Waals surface area contributed by atoms with Gasteiger partial charge in [0.2, 0.25) is 0 Å². The van der Waals surface area contributed by atoms with E-state index >= 15 is 0 Å². The monoisotopic (exact) mass is 194 g/mol. The van der Waals surface area contributed by atoms with Crippen LogP contribution >= 0.6 is 0 Å². The summed E-state index contributed by atoms with van der Waals surface area (Å²) in [5.41, 5.74) is 2.86. The Hall–Kier alpha value is -1.38. The number of aliphatic carboxylic acids is 1. The summed E-state index contributed by atoms with van der Waals surface area (Å²) < 4.78 is 0. The highest BCUT2D eigenvalue weighted by molar-refractivity contribution is 5.95. The Kier molecular flexibility index (Phi) is 3.23. The first kappa shape index (κ1) is 10.7. The molecule has 0 aromatic carbocycles. The van der Waals surface area contributed by atoms with Gasteiger partial charge in [0.1, 0.15) is 0 Å². The molecule has 0 bridgehead atoms. The van der Waals surface area contributed by atoms with Gasteiger partial charge in [0.25, 0.3) is 0 Å². The zero-order valence-corrected chi connectivity index (χ0v) is 8.46. The zero-order valence-electron chi connectivity index (χ0n) is 8.46. The van der Waals surface area contributed by atoms with Crippen LogP contribution < -0.4 is 0 Å². The fraction of sp³-hybridized carbons (Fsp3) is 0.455. The second-order valence-electron chi connectivity index (χ2n) is 3.59. The molecule has 0 heterocycles. The molecule has 0 aliphatic heterocycles. The van der Waals surface area contributed by atoms with E-state index in [4.69, 9.17) is 5.11 Å². The maximum atomic E-state index is 11.1. The third-order valence-electron chi connectivity index (χ3n) is 2.39. The van der Waals surface area contributed by atoms with Crippen molar-refractivity contribution in [3.05, 3.63) is 22.8 Å². The molecular formula is C11H14O3. The van der Waals surface area contributed by atoms with Crippen molar-refractivity contribution in [2.75, 3.05) is 0 Å². The largest absolute Gasteiger partial charge is 0.481 e. The molecule has 3 nitrogen and oxygen atoms in total. The molecule has 14 heavy (non-hydrogen) atoms. The van der Waals surface area contributed by atoms with E-state index in [0.717, 1.165) is 16.7 Å². The molecule has 0 spiro atoms. The Morgan fingerprint density at radius 3 is 2.57 bits per heavy atom. The number of carbonyl (C=O) groups excluding carboxylic acids is 1. The molecular weight excluding hydrogens is 180 g/mol. The molecule has 0 aromatic heterocycles. The van der Waals surface area contributed by atoms with E-state index < -0.39 is 5.97 Å². The van der Waals surface area contributed by atoms with Crippen LogP contribution in [-0.2, 0) is 9.59 Å². The summed E-state index contributed by atoms with van der Waals surface area (Å²) in [5, 5.41) is 8.51. The molecule has 3 heteroatoms. The third kappa shape index (κ3) is 2.55. The number of carboxylic acids is 1. The SMILES string of the molecule is CC(=O)C1=C(C)C=C(CCC(=O)O)C1. The Morgan fingerprint density at radius 2 is 2.14 bits per heavy atom. The third-order valence-corrected chi connectivity index (χ3v) is 2.39. The molecule has 0 saturated heterocycles. The highest BCUT2D eigenvalue weighted by Crippen LogP contribution is 2.28. The second-order valence-corrected chi connectivity index (χ2v) is 3.59. The molecule has 0 amide bonds. The molecule has 0 fully saturated rings. The van der Waals surface area contributed by atoms with Crippen LogP contribution in [0.25, 0.3) is 0 Å². The van der Waals surface area contributed by atoms with E-state index in [2.05, 4.69) is 0 Å². The molecule has 1 aliphatic carbocycles. The highest BCUT2D eigenvalue weighted by atomic mass is 16.4. The minimum Gasteiger partial charge on any atom is -0.481 e. The van der Waals surface area contributed by atoms with Crippen LogP contribution in [0, 0.1) is 0 Å². The second kappa shape index (κ2) is 4.22. The Morgan fingerprint density at radius 1 is 1.50 bits per heavy atom. The van der Waals surface area contributed by atoms with Crippen molar-refractivity contribution < 1.29 is 14.7 Å². The van der Waals surface area contributed by atoms with Gasteiger partial charge in [0.15, 0.2) is 5.78 Å². The minimum atomic E-state index is -0.792. The molecule has 1 rings (SSSR count). The molecule has 76 valence electrons. The van der Waals surface area contributed by atoms with E-state index in [1.54, 1.807) is 6.92 Å². The predicted molar refractivity (Wildman–Crippen MR) is 53.0 cm³/mol. The average molecular weight is 194 g/mol. The Balaban J connectivity index is 2.54. The van der Waals surface area contributed by atoms with Gasteiger partial charge in [0.05, 0.1) is 0 Å². The molecule has 0 aromatic rings. The molecule has 0 atom stereocenters. The standard InChI is InChI=1S/C11H14O3/c1-7-5-9(3-4-11(13)14)6-10(7)8(2)12/h5H,3-4,6H2,1-2H3,(H,13,14). The predicted octanol–water partition coefficient (Wildman–Crippen LogP) is 2.09. The van der Waals surface area contributed by atoms with Crippen molar-refractivity contribution in [1.29, 1.82) is 0 Å². The summed E-state index contributed by atoms with van der Waals surface area (Å²) in [6, 6.07) is 0. The number of rotatable bonds is 4. The highest BCUT2D eigenvalue weighted by Gasteiger charge is 2.16. The number of ketones is 1. The van der Waals surface area contributed by atoms with E-state index in [0.29, 0.717) is 12.8 Å². The van der Waals surface area contributed by atoms with Gasteiger partial charge < -0.3 is 5.11 Å². The number of hydrogen-bond acceptors (Lipinski definition) is 2. The van der Waals surface area contributed by atoms with Crippen molar-refractivity contribution in [1.82, 2.24) is 0 Å². The first-order chi connectivity index (χ1) is 6.50. The summed E-state index contributed by atoms with van der Waals surface area (Å²) >= 11 is 0. The van der Waals surface area contributed by atoms with Gasteiger partial charge in [-0.3, -0.25) is 9.59 Å². The summed E-state index contributed by atoms with van der Waals surface area (Å²) in [6.45, 7) is 3.44. The number of carboxylic acid groups (broad SMARTS) is 1. The van der Waals surface area contributed by atoms with Crippen LogP contribution in [0.3, 0.4) is 0 Å². The lowest BCUT2D eigenvalue weighted by molar-refractivity contribution is -0.136. The molecule has 0 saturated carbocycles. The van der Waals surface area contributed by atoms with Gasteiger partial charge in [-0.15, -0.1) is 0 Å². The van der Waals surface area contributed by atoms with Crippen molar-refractivity contribution in [3.63, 3.8) is 0 Å². The fourth-order valence-corrected chi connectivity index (χ4v) is 1.64. The van der Waals surface area contributed by atoms with Crippen LogP contribution in [0.5, 0.6) is 0 Å². The lowest BCUT2D eigenvalue weighted by Crippen LogP contribution is -1.98. The zero-order chi connectivity index (χ0) is 10.7. The maximum Gasteiger partial charge on any atom is 0.303 e. The lowest BCUT2D eigenvalue weighted by Gasteiger charge is -2.00. The molecule has 1 aliphatic rings. The first-order valence-corrected chi connectivity index (χ1v) is 4.62. The van der Waals surface area contributed by atoms with Crippen molar-refractivity contribution in [2.45, 2.75) is 33.1 Å². The first-order valence-electron chi connectivity index (χ1n) is 4.62. The van der Waals surface area contributed by atoms with Gasteiger partial charge in [-0.05, 0) is 32.3 Å². The molecule has 0 unspecified atom stereocenters. The smallest absolute Gasteiger partial charge is 0.303 e. The lowest BCUT2D eigenvalue weighted by atomic mass is 10.0. The van der Waals surface area contributed by atoms with Crippen LogP contribution in [0.4, 0.5) is 0 Å². The van der Waals surface area contributed by atoms with E-state index in [1.165, 1.54) is 0 Å². The maximum absolute atomic E-state index is 11.1. The minimum absolute atomic E-state index is 0.0871. The van der Waals surface area contributed by atoms with Crippen LogP contribution in [0.15, 0.2) is 22.8 Å². The van der Waals surface area contributed by atoms with Gasteiger partial charge in [0, 0.05) is 12.0 Å². The Bertz CT molecular complexity index is 334. The van der Waals surface area contributed by atoms with Crippen molar-refractivity contribution >= 4 is 11.8 Å². The summed E-state index contributed by atoms with van der Waals surface area (Å²) in [4.78, 5) is 21.5. The number of carbonyl (C=O) groups is 2. The van der Waals surface area contributed by atoms with Crippen molar-refractivity contribution in [2.24, 2.45) is 0 Å². The van der Waals surface area contributed by atoms with Crippen molar-refractivity contribution in [3.8, 4) is 0 Å². The average Bonchev–Trinajstić information content (AvgIpc) is 2.43.